The summed E-state index contributed by atoms with van der Waals surface area (Å²) in [5.74, 6) is 0.00191. The highest BCUT2D eigenvalue weighted by Crippen LogP contribution is 2.21. The molecule has 3 heteroatoms. The molecule has 1 atom stereocenters. The molecular weight excluding hydrogens is 308 g/mol. The van der Waals surface area contributed by atoms with Crippen molar-refractivity contribution in [1.29, 1.82) is 0 Å². The monoisotopic (exact) mass is 338 g/mol. The molecule has 2 rings (SSSR count). The number of nitrogens with zero attached hydrogens (tertiary/aromatic N) is 1. The molecule has 0 fully saturated rings. The Morgan fingerprint density at radius 2 is 1.48 bits per heavy atom. The first kappa shape index (κ1) is 19.2. The van der Waals surface area contributed by atoms with Crippen LogP contribution < -0.4 is 5.32 Å². The number of carbonyl (C=O) groups is 1. The normalized spacial score (nSPS) is 12.1. The van der Waals surface area contributed by atoms with Gasteiger partial charge >= 0.3 is 0 Å². The van der Waals surface area contributed by atoms with Crippen molar-refractivity contribution in [2.45, 2.75) is 38.1 Å². The van der Waals surface area contributed by atoms with Crippen molar-refractivity contribution in [3.63, 3.8) is 0 Å². The topological polar surface area (TPSA) is 32.3 Å². The fourth-order valence-electron chi connectivity index (χ4n) is 2.97. The van der Waals surface area contributed by atoms with Gasteiger partial charge in [-0.15, -0.1) is 0 Å². The summed E-state index contributed by atoms with van der Waals surface area (Å²) < 4.78 is 0. The van der Waals surface area contributed by atoms with E-state index in [1.807, 2.05) is 48.5 Å². The summed E-state index contributed by atoms with van der Waals surface area (Å²) in [6.45, 7) is 1.15. The summed E-state index contributed by atoms with van der Waals surface area (Å²) in [7, 11) is 4.23. The molecule has 2 aromatic rings. The number of hydrogen-bond acceptors (Lipinski definition) is 2. The van der Waals surface area contributed by atoms with E-state index < -0.39 is 0 Å². The Kier molecular flexibility index (Phi) is 8.20. The molecule has 0 aliphatic carbocycles. The Morgan fingerprint density at radius 3 is 2.12 bits per heavy atom. The lowest BCUT2D eigenvalue weighted by molar-refractivity contribution is 0.0934. The summed E-state index contributed by atoms with van der Waals surface area (Å²) in [4.78, 5) is 14.8. The zero-order valence-electron chi connectivity index (χ0n) is 15.4. The summed E-state index contributed by atoms with van der Waals surface area (Å²) >= 11 is 0. The summed E-state index contributed by atoms with van der Waals surface area (Å²) in [6.07, 6.45) is 5.79. The second-order valence-corrected chi connectivity index (χ2v) is 6.81. The number of nitrogens with one attached hydrogen (secondary N) is 1. The van der Waals surface area contributed by atoms with Gasteiger partial charge in [0.05, 0.1) is 6.04 Å². The molecule has 0 aliphatic rings. The average molecular weight is 338 g/mol. The van der Waals surface area contributed by atoms with Crippen molar-refractivity contribution in [2.75, 3.05) is 20.6 Å². The zero-order chi connectivity index (χ0) is 17.9. The van der Waals surface area contributed by atoms with E-state index in [0.29, 0.717) is 0 Å². The van der Waals surface area contributed by atoms with Crippen LogP contribution in [0.15, 0.2) is 60.7 Å². The maximum Gasteiger partial charge on any atom is 0.251 e. The SMILES string of the molecule is CN(C)CCCCCCC(NC(=O)c1ccccc1)c1ccccc1. The Labute approximate surface area is 152 Å². The highest BCUT2D eigenvalue weighted by atomic mass is 16.1. The lowest BCUT2D eigenvalue weighted by atomic mass is 9.99. The van der Waals surface area contributed by atoms with Gasteiger partial charge in [0.2, 0.25) is 0 Å². The van der Waals surface area contributed by atoms with Crippen LogP contribution in [0.2, 0.25) is 0 Å². The van der Waals surface area contributed by atoms with Crippen molar-refractivity contribution in [3.05, 3.63) is 71.8 Å². The molecule has 25 heavy (non-hydrogen) atoms. The van der Waals surface area contributed by atoms with Crippen LogP contribution in [0.1, 0.15) is 54.1 Å². The molecule has 1 N–H and O–H groups in total. The van der Waals surface area contributed by atoms with Crippen LogP contribution in [0.4, 0.5) is 0 Å². The van der Waals surface area contributed by atoms with Gasteiger partial charge in [-0.05, 0) is 51.2 Å². The molecule has 1 amide bonds. The van der Waals surface area contributed by atoms with Crippen molar-refractivity contribution in [3.8, 4) is 0 Å². The van der Waals surface area contributed by atoms with Gasteiger partial charge in [0.25, 0.3) is 5.91 Å². The first-order valence-corrected chi connectivity index (χ1v) is 9.22. The molecule has 0 saturated heterocycles. The van der Waals surface area contributed by atoms with Gasteiger partial charge in [0.1, 0.15) is 0 Å². The van der Waals surface area contributed by atoms with Gasteiger partial charge in [-0.2, -0.15) is 0 Å². The number of unbranched alkanes of at least 4 members (excludes halogenated alkanes) is 3. The van der Waals surface area contributed by atoms with Crippen LogP contribution in [0.3, 0.4) is 0 Å². The molecule has 0 aromatic heterocycles. The maximum atomic E-state index is 12.5. The molecule has 2 aromatic carbocycles. The molecule has 0 radical (unpaired) electrons. The molecule has 3 nitrogen and oxygen atoms in total. The minimum absolute atomic E-state index is 0.00191. The van der Waals surface area contributed by atoms with Crippen LogP contribution in [-0.4, -0.2) is 31.4 Å². The molecule has 0 bridgehead atoms. The first-order chi connectivity index (χ1) is 12.2. The highest BCUT2D eigenvalue weighted by Gasteiger charge is 2.15. The maximum absolute atomic E-state index is 12.5. The minimum Gasteiger partial charge on any atom is -0.345 e. The van der Waals surface area contributed by atoms with Crippen LogP contribution in [0, 0.1) is 0 Å². The zero-order valence-corrected chi connectivity index (χ0v) is 15.4. The van der Waals surface area contributed by atoms with E-state index in [0.717, 1.165) is 24.9 Å². The molecule has 0 saturated carbocycles. The van der Waals surface area contributed by atoms with Crippen LogP contribution in [0.5, 0.6) is 0 Å². The van der Waals surface area contributed by atoms with Gasteiger partial charge in [-0.3, -0.25) is 4.79 Å². The summed E-state index contributed by atoms with van der Waals surface area (Å²) in [6, 6.07) is 19.8. The van der Waals surface area contributed by atoms with Crippen LogP contribution in [-0.2, 0) is 0 Å². The largest absolute Gasteiger partial charge is 0.345 e. The number of hydrogen-bond donors (Lipinski definition) is 1. The van der Waals surface area contributed by atoms with E-state index in [2.05, 4.69) is 36.4 Å². The molecule has 134 valence electrons. The smallest absolute Gasteiger partial charge is 0.251 e. The standard InChI is InChI=1S/C22H30N2O/c1-24(2)18-12-4-3-11-17-21(19-13-7-5-8-14-19)23-22(25)20-15-9-6-10-16-20/h5-10,13-16,21H,3-4,11-12,17-18H2,1-2H3,(H,23,25). The van der Waals surface area contributed by atoms with Crippen molar-refractivity contribution >= 4 is 5.91 Å². The highest BCUT2D eigenvalue weighted by molar-refractivity contribution is 5.94. The van der Waals surface area contributed by atoms with E-state index in [1.165, 1.54) is 24.8 Å². The molecule has 0 spiro atoms. The third-order valence-corrected chi connectivity index (χ3v) is 4.39. The van der Waals surface area contributed by atoms with Crippen LogP contribution in [0.25, 0.3) is 0 Å². The molecule has 0 aliphatic heterocycles. The van der Waals surface area contributed by atoms with Crippen molar-refractivity contribution in [1.82, 2.24) is 10.2 Å². The fourth-order valence-corrected chi connectivity index (χ4v) is 2.97. The Bertz CT molecular complexity index is 610. The van der Waals surface area contributed by atoms with E-state index in [-0.39, 0.29) is 11.9 Å². The van der Waals surface area contributed by atoms with E-state index >= 15 is 0 Å². The number of amides is 1. The van der Waals surface area contributed by atoms with E-state index in [1.54, 1.807) is 0 Å². The Morgan fingerprint density at radius 1 is 0.880 bits per heavy atom. The van der Waals surface area contributed by atoms with E-state index in [4.69, 9.17) is 0 Å². The van der Waals surface area contributed by atoms with Crippen LogP contribution >= 0.6 is 0 Å². The minimum atomic E-state index is 0.00191. The van der Waals surface area contributed by atoms with Gasteiger partial charge in [0.15, 0.2) is 0 Å². The summed E-state index contributed by atoms with van der Waals surface area (Å²) in [5, 5.41) is 3.21. The van der Waals surface area contributed by atoms with Gasteiger partial charge in [-0.1, -0.05) is 67.8 Å². The van der Waals surface area contributed by atoms with Gasteiger partial charge < -0.3 is 10.2 Å². The predicted molar refractivity (Wildman–Crippen MR) is 105 cm³/mol. The molecule has 1 unspecified atom stereocenters. The lowest BCUT2D eigenvalue weighted by Gasteiger charge is -2.19. The predicted octanol–water partition coefficient (Wildman–Crippen LogP) is 4.67. The Balaban J connectivity index is 1.89. The quantitative estimate of drug-likeness (QED) is 0.639. The average Bonchev–Trinajstić information content (AvgIpc) is 2.64. The lowest BCUT2D eigenvalue weighted by Crippen LogP contribution is -2.28. The Hall–Kier alpha value is -2.13. The molecule has 0 heterocycles. The second-order valence-electron chi connectivity index (χ2n) is 6.81. The fraction of sp³-hybridized carbons (Fsp3) is 0.409. The van der Waals surface area contributed by atoms with Crippen molar-refractivity contribution in [2.24, 2.45) is 0 Å². The second kappa shape index (κ2) is 10.7. The molecular formula is C22H30N2O. The third-order valence-electron chi connectivity index (χ3n) is 4.39. The number of carbonyl (C=O) groups excluding carboxylic acids is 1. The van der Waals surface area contributed by atoms with E-state index in [9.17, 15) is 4.79 Å². The number of rotatable bonds is 10. The third kappa shape index (κ3) is 7.10. The van der Waals surface area contributed by atoms with Crippen molar-refractivity contribution < 1.29 is 4.79 Å². The first-order valence-electron chi connectivity index (χ1n) is 9.22. The van der Waals surface area contributed by atoms with Gasteiger partial charge in [-0.25, -0.2) is 0 Å². The summed E-state index contributed by atoms with van der Waals surface area (Å²) in [5.41, 5.74) is 1.90. The number of benzene rings is 2. The van der Waals surface area contributed by atoms with Gasteiger partial charge in [0, 0.05) is 5.56 Å².